The van der Waals surface area contributed by atoms with Gasteiger partial charge in [-0.25, -0.2) is 4.79 Å². The van der Waals surface area contributed by atoms with Crippen LogP contribution in [0.1, 0.15) is 33.4 Å². The van der Waals surface area contributed by atoms with E-state index in [1.807, 2.05) is 22.6 Å². The van der Waals surface area contributed by atoms with Gasteiger partial charge in [-0.2, -0.15) is 0 Å². The number of hydrogen-bond donors (Lipinski definition) is 2. The van der Waals surface area contributed by atoms with Crippen molar-refractivity contribution in [1.82, 2.24) is 9.55 Å². The van der Waals surface area contributed by atoms with Crippen LogP contribution in [0.15, 0.2) is 15.8 Å². The average molecular weight is 695 g/mol. The standard InChI is InChI=1S/C15H25IN2O5Si.Ac/c1-15(2,3)24(4,5)22-8-11-10(19)6-12(23-11)18-7-9(16)13(20)17-14(18)21;/h7,10-12,19H,6,8H2,1-5H3,(H,17,20,21);/t10-,11-,12-;/m1./s1. The molecule has 7 nitrogen and oxygen atoms in total. The minimum atomic E-state index is -1.94. The number of ether oxygens (including phenoxy) is 1. The van der Waals surface area contributed by atoms with Crippen LogP contribution < -0.4 is 11.2 Å². The molecule has 3 atom stereocenters. The van der Waals surface area contributed by atoms with Gasteiger partial charge in [0.25, 0.3) is 5.56 Å². The Kier molecular flexibility index (Phi) is 8.60. The molecule has 1 aliphatic heterocycles. The Bertz CT molecular complexity index is 715. The fourth-order valence-corrected chi connectivity index (χ4v) is 3.67. The summed E-state index contributed by atoms with van der Waals surface area (Å²) in [6.07, 6.45) is -0.0632. The number of aliphatic hydroxyl groups excluding tert-OH is 1. The molecular formula is C15H25AcIN2O5Si. The van der Waals surface area contributed by atoms with Gasteiger partial charge in [-0.1, -0.05) is 20.8 Å². The van der Waals surface area contributed by atoms with Crippen molar-refractivity contribution in [3.63, 3.8) is 0 Å². The van der Waals surface area contributed by atoms with Crippen LogP contribution in [0.25, 0.3) is 0 Å². The third-order valence-corrected chi connectivity index (χ3v) is 10.1. The van der Waals surface area contributed by atoms with E-state index in [0.29, 0.717) is 10.2 Å². The van der Waals surface area contributed by atoms with E-state index in [1.165, 1.54) is 10.8 Å². The summed E-state index contributed by atoms with van der Waals surface area (Å²) in [4.78, 5) is 25.7. The molecule has 0 saturated carbocycles. The fraction of sp³-hybridized carbons (Fsp3) is 0.733. The molecule has 0 spiro atoms. The number of H-pyrrole nitrogens is 1. The number of nitrogens with one attached hydrogen (secondary N) is 1. The molecule has 139 valence electrons. The maximum Gasteiger partial charge on any atom is 0.330 e. The van der Waals surface area contributed by atoms with Crippen molar-refractivity contribution < 1.29 is 58.3 Å². The largest absolute Gasteiger partial charge is 0.414 e. The molecule has 1 aliphatic rings. The van der Waals surface area contributed by atoms with Gasteiger partial charge in [-0.3, -0.25) is 14.3 Å². The van der Waals surface area contributed by atoms with Gasteiger partial charge < -0.3 is 14.3 Å². The molecule has 2 rings (SSSR count). The van der Waals surface area contributed by atoms with Crippen molar-refractivity contribution >= 4 is 30.9 Å². The van der Waals surface area contributed by atoms with Crippen LogP contribution in [0.4, 0.5) is 0 Å². The molecule has 10 heteroatoms. The Labute approximate surface area is 197 Å². The number of aromatic amines is 1. The van der Waals surface area contributed by atoms with E-state index >= 15 is 0 Å². The first-order valence-corrected chi connectivity index (χ1v) is 11.9. The summed E-state index contributed by atoms with van der Waals surface area (Å²) in [7, 11) is -1.94. The predicted octanol–water partition coefficient (Wildman–Crippen LogP) is 1.81. The molecule has 0 aliphatic carbocycles. The van der Waals surface area contributed by atoms with Gasteiger partial charge >= 0.3 is 5.69 Å². The van der Waals surface area contributed by atoms with Crippen LogP contribution >= 0.6 is 22.6 Å². The zero-order chi connectivity index (χ0) is 18.3. The number of aliphatic hydroxyl groups is 1. The van der Waals surface area contributed by atoms with Crippen LogP contribution in [0.3, 0.4) is 0 Å². The summed E-state index contributed by atoms with van der Waals surface area (Å²) >= 11 is 1.86. The molecule has 1 saturated heterocycles. The fourth-order valence-electron chi connectivity index (χ4n) is 2.22. The van der Waals surface area contributed by atoms with Crippen molar-refractivity contribution in [3.05, 3.63) is 30.6 Å². The van der Waals surface area contributed by atoms with Gasteiger partial charge in [0, 0.05) is 56.7 Å². The van der Waals surface area contributed by atoms with Crippen molar-refractivity contribution in [2.45, 2.75) is 63.8 Å². The van der Waals surface area contributed by atoms with Crippen LogP contribution in [-0.2, 0) is 9.16 Å². The van der Waals surface area contributed by atoms with Crippen molar-refractivity contribution in [1.29, 1.82) is 0 Å². The monoisotopic (exact) mass is 695 g/mol. The first-order chi connectivity index (χ1) is 10.9. The summed E-state index contributed by atoms with van der Waals surface area (Å²) in [5.74, 6) is 0. The molecule has 0 amide bonds. The normalized spacial score (nSPS) is 24.2. The van der Waals surface area contributed by atoms with Gasteiger partial charge in [-0.05, 0) is 40.7 Å². The smallest absolute Gasteiger partial charge is 0.330 e. The van der Waals surface area contributed by atoms with Crippen LogP contribution in [0, 0.1) is 47.6 Å². The zero-order valence-electron chi connectivity index (χ0n) is 15.2. The van der Waals surface area contributed by atoms with E-state index in [2.05, 4.69) is 38.8 Å². The van der Waals surface area contributed by atoms with Gasteiger partial charge in [0.1, 0.15) is 12.3 Å². The average Bonchev–Trinajstić information content (AvgIpc) is 2.80. The second-order valence-electron chi connectivity index (χ2n) is 7.65. The van der Waals surface area contributed by atoms with E-state index in [-0.39, 0.29) is 55.5 Å². The molecule has 1 aromatic heterocycles. The number of rotatable bonds is 4. The van der Waals surface area contributed by atoms with Crippen molar-refractivity contribution in [3.8, 4) is 0 Å². The topological polar surface area (TPSA) is 93.5 Å². The van der Waals surface area contributed by atoms with Gasteiger partial charge in [0.05, 0.1) is 16.3 Å². The third kappa shape index (κ3) is 5.71. The molecule has 0 bridgehead atoms. The number of halogens is 1. The van der Waals surface area contributed by atoms with E-state index in [4.69, 9.17) is 9.16 Å². The van der Waals surface area contributed by atoms with Gasteiger partial charge in [0.2, 0.25) is 0 Å². The molecule has 25 heavy (non-hydrogen) atoms. The molecule has 1 aromatic rings. The van der Waals surface area contributed by atoms with Crippen molar-refractivity contribution in [2.75, 3.05) is 6.61 Å². The second kappa shape index (κ2) is 8.97. The summed E-state index contributed by atoms with van der Waals surface area (Å²) in [5.41, 5.74) is -0.961. The molecule has 2 heterocycles. The van der Waals surface area contributed by atoms with Gasteiger partial charge in [0.15, 0.2) is 8.32 Å². The summed E-state index contributed by atoms with van der Waals surface area (Å²) in [6.45, 7) is 11.0. The van der Waals surface area contributed by atoms with Crippen LogP contribution in [0.5, 0.6) is 0 Å². The molecule has 1 radical (unpaired) electrons. The molecule has 0 unspecified atom stereocenters. The molecule has 0 aromatic carbocycles. The summed E-state index contributed by atoms with van der Waals surface area (Å²) in [6, 6.07) is 0. The SMILES string of the molecule is CC(C)(C)[Si](C)(C)OC[C@H]1O[C@@H](n2cc(I)c(=O)[nH]c2=O)C[C@H]1O.[Ac]. The van der Waals surface area contributed by atoms with E-state index in [1.54, 1.807) is 0 Å². The van der Waals surface area contributed by atoms with E-state index < -0.39 is 38.0 Å². The minimum absolute atomic E-state index is 0. The van der Waals surface area contributed by atoms with E-state index in [9.17, 15) is 14.7 Å². The second-order valence-corrected chi connectivity index (χ2v) is 13.6. The molecule has 2 N–H and O–H groups in total. The summed E-state index contributed by atoms with van der Waals surface area (Å²) in [5, 5.41) is 10.3. The first kappa shape index (κ1) is 24.0. The van der Waals surface area contributed by atoms with Crippen LogP contribution in [-0.4, -0.2) is 41.8 Å². The zero-order valence-corrected chi connectivity index (χ0v) is 23.1. The molecule has 1 fully saturated rings. The maximum absolute atomic E-state index is 12.0. The number of aromatic nitrogens is 2. The first-order valence-electron chi connectivity index (χ1n) is 7.91. The Morgan fingerprint density at radius 3 is 2.60 bits per heavy atom. The van der Waals surface area contributed by atoms with Crippen molar-refractivity contribution in [2.24, 2.45) is 0 Å². The third-order valence-electron chi connectivity index (χ3n) is 4.85. The number of nitrogens with zero attached hydrogens (tertiary/aromatic N) is 1. The Balaban J connectivity index is 0.00000312. The van der Waals surface area contributed by atoms with Gasteiger partial charge in [-0.15, -0.1) is 0 Å². The van der Waals surface area contributed by atoms with E-state index in [0.717, 1.165) is 0 Å². The quantitative estimate of drug-likeness (QED) is 0.371. The maximum atomic E-state index is 12.0. The minimum Gasteiger partial charge on any atom is -0.414 e. The number of hydrogen-bond acceptors (Lipinski definition) is 5. The Morgan fingerprint density at radius 1 is 1.44 bits per heavy atom. The predicted molar refractivity (Wildman–Crippen MR) is 102 cm³/mol. The Morgan fingerprint density at radius 2 is 2.04 bits per heavy atom. The summed E-state index contributed by atoms with van der Waals surface area (Å²) < 4.78 is 13.7. The van der Waals surface area contributed by atoms with Crippen LogP contribution in [0.2, 0.25) is 18.1 Å². The Hall–Kier alpha value is 0.948. The molecular weight excluding hydrogens is 670 g/mol.